The number of aromatic nitrogens is 4. The van der Waals surface area contributed by atoms with Gasteiger partial charge in [-0.15, -0.1) is 11.8 Å². The second-order valence-corrected chi connectivity index (χ2v) is 7.89. The molecular weight excluding hydrogens is 433 g/mol. The first-order valence-corrected chi connectivity index (χ1v) is 9.93. The molecule has 0 unspecified atom stereocenters. The second-order valence-electron chi connectivity index (χ2n) is 6.65. The van der Waals surface area contributed by atoms with Crippen LogP contribution in [0.5, 0.6) is 0 Å². The quantitative estimate of drug-likeness (QED) is 0.623. The zero-order valence-electron chi connectivity index (χ0n) is 15.8. The average molecular weight is 448 g/mol. The number of carbonyl (C=O) groups excluding carboxylic acids is 2. The molecule has 0 radical (unpaired) electrons. The molecule has 1 aromatic carbocycles. The van der Waals surface area contributed by atoms with Gasteiger partial charge in [-0.3, -0.25) is 9.59 Å². The number of alkyl halides is 3. The number of nitrogens with zero attached hydrogens (tertiary/aromatic N) is 4. The van der Waals surface area contributed by atoms with E-state index >= 15 is 0 Å². The molecule has 1 aliphatic heterocycles. The Morgan fingerprint density at radius 2 is 2.10 bits per heavy atom. The predicted molar refractivity (Wildman–Crippen MR) is 105 cm³/mol. The molecule has 1 atom stereocenters. The summed E-state index contributed by atoms with van der Waals surface area (Å²) in [6.45, 7) is 0.216. The van der Waals surface area contributed by atoms with Crippen LogP contribution in [0.2, 0.25) is 0 Å². The van der Waals surface area contributed by atoms with Crippen molar-refractivity contribution in [1.82, 2.24) is 25.1 Å². The van der Waals surface area contributed by atoms with E-state index in [-0.39, 0.29) is 24.6 Å². The van der Waals surface area contributed by atoms with Crippen molar-refractivity contribution >= 4 is 29.3 Å². The summed E-state index contributed by atoms with van der Waals surface area (Å²) >= 11 is 1.07. The molecule has 31 heavy (non-hydrogen) atoms. The van der Waals surface area contributed by atoms with E-state index in [9.17, 15) is 22.8 Å². The van der Waals surface area contributed by atoms with E-state index in [2.05, 4.69) is 25.7 Å². The number of pyridine rings is 1. The zero-order chi connectivity index (χ0) is 22.0. The van der Waals surface area contributed by atoms with Crippen molar-refractivity contribution < 1.29 is 22.8 Å². The van der Waals surface area contributed by atoms with E-state index in [1.807, 2.05) is 0 Å². The Hall–Kier alpha value is -3.41. The summed E-state index contributed by atoms with van der Waals surface area (Å²) in [5, 5.41) is 8.41. The second kappa shape index (κ2) is 8.38. The molecular formula is C19H15F3N6O2S. The number of anilines is 1. The van der Waals surface area contributed by atoms with Gasteiger partial charge in [-0.25, -0.2) is 14.6 Å². The number of carbonyl (C=O) groups is 2. The highest BCUT2D eigenvalue weighted by Gasteiger charge is 2.34. The summed E-state index contributed by atoms with van der Waals surface area (Å²) in [4.78, 5) is 33.1. The number of hydrogen-bond donors (Lipinski definition) is 2. The van der Waals surface area contributed by atoms with E-state index in [0.29, 0.717) is 10.7 Å². The predicted octanol–water partition coefficient (Wildman–Crippen LogP) is 2.80. The van der Waals surface area contributed by atoms with Crippen molar-refractivity contribution in [3.63, 3.8) is 0 Å². The van der Waals surface area contributed by atoms with Crippen LogP contribution in [0.25, 0.3) is 5.82 Å². The number of nitrogens with one attached hydrogen (secondary N) is 2. The fourth-order valence-corrected chi connectivity index (χ4v) is 3.98. The lowest BCUT2D eigenvalue weighted by molar-refractivity contribution is -0.137. The van der Waals surface area contributed by atoms with Gasteiger partial charge in [-0.1, -0.05) is 6.07 Å². The van der Waals surface area contributed by atoms with E-state index in [1.54, 1.807) is 18.3 Å². The molecule has 160 valence electrons. The minimum Gasteiger partial charge on any atom is -0.352 e. The van der Waals surface area contributed by atoms with Crippen LogP contribution in [0.15, 0.2) is 54.1 Å². The van der Waals surface area contributed by atoms with Gasteiger partial charge in [0.2, 0.25) is 11.8 Å². The molecule has 0 aliphatic carbocycles. The Morgan fingerprint density at radius 1 is 1.26 bits per heavy atom. The normalized spacial score (nSPS) is 15.8. The SMILES string of the molecule is O=C(C[C@H]1Sc2ccc(C(F)(F)F)cc2NC1=O)NCc1ccc(-n2cncn2)nc1. The fourth-order valence-electron chi connectivity index (χ4n) is 2.89. The van der Waals surface area contributed by atoms with Gasteiger partial charge < -0.3 is 10.6 Å². The minimum atomic E-state index is -4.50. The van der Waals surface area contributed by atoms with Crippen LogP contribution in [-0.4, -0.2) is 36.8 Å². The number of hydrogen-bond acceptors (Lipinski definition) is 6. The molecule has 0 bridgehead atoms. The summed E-state index contributed by atoms with van der Waals surface area (Å²) in [5.41, 5.74) is 0.00908. The molecule has 0 spiro atoms. The number of thioether (sulfide) groups is 1. The van der Waals surface area contributed by atoms with Crippen molar-refractivity contribution in [3.8, 4) is 5.82 Å². The standard InChI is InChI=1S/C19H15F3N6O2S/c20-19(21,22)12-2-3-14-13(5-12)27-18(30)15(31-14)6-17(29)25-8-11-1-4-16(24-7-11)28-10-23-9-26-28/h1-5,7,9-10,15H,6,8H2,(H,25,29)(H,27,30)/t15-/m1/s1. The van der Waals surface area contributed by atoms with Crippen LogP contribution in [0.1, 0.15) is 17.5 Å². The number of halogens is 3. The topological polar surface area (TPSA) is 102 Å². The maximum absolute atomic E-state index is 12.8. The third-order valence-electron chi connectivity index (χ3n) is 4.45. The Kier molecular flexibility index (Phi) is 5.63. The molecule has 3 aromatic rings. The Bertz CT molecular complexity index is 1100. The monoisotopic (exact) mass is 448 g/mol. The van der Waals surface area contributed by atoms with Crippen LogP contribution in [-0.2, 0) is 22.3 Å². The molecule has 0 fully saturated rings. The number of fused-ring (bicyclic) bond motifs is 1. The smallest absolute Gasteiger partial charge is 0.352 e. The summed E-state index contributed by atoms with van der Waals surface area (Å²) < 4.78 is 40.0. The van der Waals surface area contributed by atoms with Crippen LogP contribution in [0.4, 0.5) is 18.9 Å². The maximum atomic E-state index is 12.8. The van der Waals surface area contributed by atoms with Crippen molar-refractivity contribution in [1.29, 1.82) is 0 Å². The highest BCUT2D eigenvalue weighted by Crippen LogP contribution is 2.40. The Morgan fingerprint density at radius 3 is 2.77 bits per heavy atom. The lowest BCUT2D eigenvalue weighted by Gasteiger charge is -2.24. The molecule has 2 aromatic heterocycles. The van der Waals surface area contributed by atoms with Crippen molar-refractivity contribution in [2.75, 3.05) is 5.32 Å². The maximum Gasteiger partial charge on any atom is 0.416 e. The van der Waals surface area contributed by atoms with Gasteiger partial charge in [0.15, 0.2) is 5.82 Å². The first-order valence-electron chi connectivity index (χ1n) is 9.05. The molecule has 12 heteroatoms. The first-order chi connectivity index (χ1) is 14.8. The number of benzene rings is 1. The number of amides is 2. The van der Waals surface area contributed by atoms with Crippen molar-refractivity contribution in [2.24, 2.45) is 0 Å². The van der Waals surface area contributed by atoms with Gasteiger partial charge >= 0.3 is 6.18 Å². The fraction of sp³-hybridized carbons (Fsp3) is 0.211. The van der Waals surface area contributed by atoms with Gasteiger partial charge in [0.05, 0.1) is 16.5 Å². The molecule has 2 amide bonds. The Balaban J connectivity index is 1.33. The van der Waals surface area contributed by atoms with Gasteiger partial charge in [0.25, 0.3) is 0 Å². The third-order valence-corrected chi connectivity index (χ3v) is 5.72. The van der Waals surface area contributed by atoms with E-state index in [1.165, 1.54) is 23.4 Å². The lowest BCUT2D eigenvalue weighted by Crippen LogP contribution is -2.34. The van der Waals surface area contributed by atoms with Crippen molar-refractivity contribution in [3.05, 3.63) is 60.3 Å². The van der Waals surface area contributed by atoms with Crippen LogP contribution < -0.4 is 10.6 Å². The average Bonchev–Trinajstić information content (AvgIpc) is 3.27. The molecule has 2 N–H and O–H groups in total. The summed E-state index contributed by atoms with van der Waals surface area (Å²) in [5.74, 6) is -0.288. The highest BCUT2D eigenvalue weighted by atomic mass is 32.2. The first kappa shape index (κ1) is 20.8. The molecule has 0 saturated heterocycles. The molecule has 0 saturated carbocycles. The van der Waals surface area contributed by atoms with Gasteiger partial charge in [-0.2, -0.15) is 18.3 Å². The van der Waals surface area contributed by atoms with Crippen molar-refractivity contribution in [2.45, 2.75) is 29.3 Å². The highest BCUT2D eigenvalue weighted by molar-refractivity contribution is 8.01. The molecule has 3 heterocycles. The van der Waals surface area contributed by atoms with E-state index in [4.69, 9.17) is 0 Å². The lowest BCUT2D eigenvalue weighted by atomic mass is 10.1. The summed E-state index contributed by atoms with van der Waals surface area (Å²) in [7, 11) is 0. The third kappa shape index (κ3) is 4.85. The number of rotatable bonds is 5. The van der Waals surface area contributed by atoms with E-state index < -0.39 is 22.9 Å². The van der Waals surface area contributed by atoms with Gasteiger partial charge in [-0.05, 0) is 29.8 Å². The Labute approximate surface area is 178 Å². The summed E-state index contributed by atoms with van der Waals surface area (Å²) in [6.07, 6.45) is -0.111. The van der Waals surface area contributed by atoms with Crippen LogP contribution >= 0.6 is 11.8 Å². The molecule has 1 aliphatic rings. The zero-order valence-corrected chi connectivity index (χ0v) is 16.6. The van der Waals surface area contributed by atoms with E-state index in [0.717, 1.165) is 29.5 Å². The van der Waals surface area contributed by atoms with Gasteiger partial charge in [0, 0.05) is 24.1 Å². The summed E-state index contributed by atoms with van der Waals surface area (Å²) in [6, 6.07) is 6.66. The minimum absolute atomic E-state index is 0.0972. The molecule has 4 rings (SSSR count). The molecule has 8 nitrogen and oxygen atoms in total. The van der Waals surface area contributed by atoms with Crippen LogP contribution in [0.3, 0.4) is 0 Å². The van der Waals surface area contributed by atoms with Crippen LogP contribution in [0, 0.1) is 0 Å². The largest absolute Gasteiger partial charge is 0.416 e. The van der Waals surface area contributed by atoms with Gasteiger partial charge in [0.1, 0.15) is 12.7 Å².